The molecule has 2 aromatic carbocycles. The maximum atomic E-state index is 5.98. The van der Waals surface area contributed by atoms with E-state index in [0.717, 1.165) is 22.1 Å². The number of hydrogen-bond acceptors (Lipinski definition) is 1. The quantitative estimate of drug-likeness (QED) is 0.702. The first kappa shape index (κ1) is 13.0. The summed E-state index contributed by atoms with van der Waals surface area (Å²) in [6, 6.07) is 13.9. The number of benzene rings is 2. The Hall–Kier alpha value is -1.47. The van der Waals surface area contributed by atoms with Crippen LogP contribution in [0, 0.1) is 6.92 Å². The molecule has 2 heteroatoms. The maximum absolute atomic E-state index is 5.98. The standard InChI is InChI=1S/C16H17ClO/c1-11(2)13-4-6-14(7-5-13)18-15-8-9-16(17)12(3)10-15/h4-11H,1-3H3. The fourth-order valence-corrected chi connectivity index (χ4v) is 1.86. The van der Waals surface area contributed by atoms with E-state index in [0.29, 0.717) is 5.92 Å². The topological polar surface area (TPSA) is 9.23 Å². The molecule has 0 aliphatic heterocycles. The number of aryl methyl sites for hydroxylation is 1. The molecule has 0 N–H and O–H groups in total. The average molecular weight is 261 g/mol. The molecule has 0 aromatic heterocycles. The van der Waals surface area contributed by atoms with Gasteiger partial charge in [-0.1, -0.05) is 37.6 Å². The van der Waals surface area contributed by atoms with Crippen LogP contribution < -0.4 is 4.74 Å². The Morgan fingerprint density at radius 2 is 1.56 bits per heavy atom. The van der Waals surface area contributed by atoms with Crippen molar-refractivity contribution in [3.05, 3.63) is 58.6 Å². The summed E-state index contributed by atoms with van der Waals surface area (Å²) in [6.45, 7) is 6.33. The van der Waals surface area contributed by atoms with Crippen LogP contribution in [0.5, 0.6) is 11.5 Å². The molecule has 0 fully saturated rings. The highest BCUT2D eigenvalue weighted by Gasteiger charge is 2.02. The molecule has 0 spiro atoms. The van der Waals surface area contributed by atoms with Gasteiger partial charge >= 0.3 is 0 Å². The predicted octanol–water partition coefficient (Wildman–Crippen LogP) is 5.56. The zero-order valence-electron chi connectivity index (χ0n) is 10.9. The maximum Gasteiger partial charge on any atom is 0.127 e. The molecule has 0 bridgehead atoms. The molecule has 0 unspecified atom stereocenters. The minimum Gasteiger partial charge on any atom is -0.457 e. The highest BCUT2D eigenvalue weighted by Crippen LogP contribution is 2.27. The first-order chi connectivity index (χ1) is 8.56. The predicted molar refractivity (Wildman–Crippen MR) is 76.8 cm³/mol. The lowest BCUT2D eigenvalue weighted by atomic mass is 10.0. The molecule has 0 aliphatic rings. The Kier molecular flexibility index (Phi) is 3.93. The van der Waals surface area contributed by atoms with Crippen molar-refractivity contribution < 1.29 is 4.74 Å². The lowest BCUT2D eigenvalue weighted by Gasteiger charge is -2.09. The third-order valence-corrected chi connectivity index (χ3v) is 3.34. The smallest absolute Gasteiger partial charge is 0.127 e. The largest absolute Gasteiger partial charge is 0.457 e. The molecule has 0 saturated heterocycles. The van der Waals surface area contributed by atoms with Gasteiger partial charge in [0.1, 0.15) is 11.5 Å². The molecule has 0 amide bonds. The van der Waals surface area contributed by atoms with Crippen LogP contribution in [0.4, 0.5) is 0 Å². The van der Waals surface area contributed by atoms with Gasteiger partial charge in [-0.2, -0.15) is 0 Å². The Morgan fingerprint density at radius 3 is 2.11 bits per heavy atom. The summed E-state index contributed by atoms with van der Waals surface area (Å²) in [6.07, 6.45) is 0. The van der Waals surface area contributed by atoms with Crippen LogP contribution in [0.2, 0.25) is 5.02 Å². The molecule has 2 rings (SSSR count). The zero-order valence-corrected chi connectivity index (χ0v) is 11.7. The van der Waals surface area contributed by atoms with E-state index < -0.39 is 0 Å². The third kappa shape index (κ3) is 3.05. The molecular weight excluding hydrogens is 244 g/mol. The van der Waals surface area contributed by atoms with Gasteiger partial charge in [-0.05, 0) is 54.3 Å². The Bertz CT molecular complexity index is 529. The average Bonchev–Trinajstić information content (AvgIpc) is 2.34. The van der Waals surface area contributed by atoms with Crippen molar-refractivity contribution in [3.63, 3.8) is 0 Å². The van der Waals surface area contributed by atoms with Gasteiger partial charge in [0.2, 0.25) is 0 Å². The highest BCUT2D eigenvalue weighted by molar-refractivity contribution is 6.31. The molecule has 94 valence electrons. The Balaban J connectivity index is 2.15. The number of hydrogen-bond donors (Lipinski definition) is 0. The van der Waals surface area contributed by atoms with Crippen LogP contribution in [-0.2, 0) is 0 Å². The van der Waals surface area contributed by atoms with E-state index in [2.05, 4.69) is 26.0 Å². The monoisotopic (exact) mass is 260 g/mol. The van der Waals surface area contributed by atoms with Crippen LogP contribution >= 0.6 is 11.6 Å². The Labute approximate surface area is 113 Å². The lowest BCUT2D eigenvalue weighted by Crippen LogP contribution is -1.88. The second-order valence-corrected chi connectivity index (χ2v) is 5.14. The van der Waals surface area contributed by atoms with Gasteiger partial charge in [-0.3, -0.25) is 0 Å². The molecular formula is C16H17ClO. The first-order valence-corrected chi connectivity index (χ1v) is 6.48. The highest BCUT2D eigenvalue weighted by atomic mass is 35.5. The summed E-state index contributed by atoms with van der Waals surface area (Å²) in [5.41, 5.74) is 2.34. The summed E-state index contributed by atoms with van der Waals surface area (Å²) in [4.78, 5) is 0. The van der Waals surface area contributed by atoms with E-state index in [1.807, 2.05) is 37.3 Å². The second-order valence-electron chi connectivity index (χ2n) is 4.74. The normalized spacial score (nSPS) is 10.7. The number of ether oxygens (including phenoxy) is 1. The summed E-state index contributed by atoms with van der Waals surface area (Å²) in [7, 11) is 0. The molecule has 0 aliphatic carbocycles. The molecule has 0 atom stereocenters. The van der Waals surface area contributed by atoms with Gasteiger partial charge in [-0.25, -0.2) is 0 Å². The van der Waals surface area contributed by atoms with Gasteiger partial charge in [0, 0.05) is 5.02 Å². The minimum atomic E-state index is 0.539. The van der Waals surface area contributed by atoms with Crippen molar-refractivity contribution in [1.29, 1.82) is 0 Å². The molecule has 0 saturated carbocycles. The molecule has 0 radical (unpaired) electrons. The van der Waals surface area contributed by atoms with Crippen molar-refractivity contribution >= 4 is 11.6 Å². The SMILES string of the molecule is Cc1cc(Oc2ccc(C(C)C)cc2)ccc1Cl. The number of halogens is 1. The summed E-state index contributed by atoms with van der Waals surface area (Å²) < 4.78 is 5.79. The van der Waals surface area contributed by atoms with Crippen molar-refractivity contribution in [2.45, 2.75) is 26.7 Å². The van der Waals surface area contributed by atoms with Crippen molar-refractivity contribution in [2.24, 2.45) is 0 Å². The summed E-state index contributed by atoms with van der Waals surface area (Å²) >= 11 is 5.98. The minimum absolute atomic E-state index is 0.539. The fraction of sp³-hybridized carbons (Fsp3) is 0.250. The van der Waals surface area contributed by atoms with Gasteiger partial charge < -0.3 is 4.74 Å². The number of rotatable bonds is 3. The van der Waals surface area contributed by atoms with Crippen LogP contribution in [0.15, 0.2) is 42.5 Å². The van der Waals surface area contributed by atoms with Gasteiger partial charge in [0.15, 0.2) is 0 Å². The molecule has 1 nitrogen and oxygen atoms in total. The lowest BCUT2D eigenvalue weighted by molar-refractivity contribution is 0.482. The van der Waals surface area contributed by atoms with E-state index in [4.69, 9.17) is 16.3 Å². The van der Waals surface area contributed by atoms with Crippen molar-refractivity contribution in [3.8, 4) is 11.5 Å². The third-order valence-electron chi connectivity index (χ3n) is 2.91. The molecule has 2 aromatic rings. The first-order valence-electron chi connectivity index (χ1n) is 6.10. The Morgan fingerprint density at radius 1 is 0.944 bits per heavy atom. The summed E-state index contributed by atoms with van der Waals surface area (Å²) in [5, 5.41) is 0.762. The van der Waals surface area contributed by atoms with E-state index >= 15 is 0 Å². The fourth-order valence-electron chi connectivity index (χ4n) is 1.74. The van der Waals surface area contributed by atoms with Crippen molar-refractivity contribution in [1.82, 2.24) is 0 Å². The van der Waals surface area contributed by atoms with Crippen LogP contribution in [0.25, 0.3) is 0 Å². The van der Waals surface area contributed by atoms with E-state index in [1.54, 1.807) is 0 Å². The van der Waals surface area contributed by atoms with E-state index in [1.165, 1.54) is 5.56 Å². The zero-order chi connectivity index (χ0) is 13.1. The van der Waals surface area contributed by atoms with Crippen LogP contribution in [-0.4, -0.2) is 0 Å². The van der Waals surface area contributed by atoms with Gasteiger partial charge in [0.05, 0.1) is 0 Å². The van der Waals surface area contributed by atoms with Gasteiger partial charge in [-0.15, -0.1) is 0 Å². The van der Waals surface area contributed by atoms with E-state index in [-0.39, 0.29) is 0 Å². The second kappa shape index (κ2) is 5.45. The van der Waals surface area contributed by atoms with Crippen LogP contribution in [0.3, 0.4) is 0 Å². The molecule has 18 heavy (non-hydrogen) atoms. The van der Waals surface area contributed by atoms with Crippen LogP contribution in [0.1, 0.15) is 30.9 Å². The van der Waals surface area contributed by atoms with Crippen molar-refractivity contribution in [2.75, 3.05) is 0 Å². The van der Waals surface area contributed by atoms with E-state index in [9.17, 15) is 0 Å². The van der Waals surface area contributed by atoms with Gasteiger partial charge in [0.25, 0.3) is 0 Å². The molecule has 0 heterocycles. The summed E-state index contributed by atoms with van der Waals surface area (Å²) in [5.74, 6) is 2.20.